The van der Waals surface area contributed by atoms with Crippen LogP contribution in [0.4, 0.5) is 0 Å². The zero-order chi connectivity index (χ0) is 8.10. The van der Waals surface area contributed by atoms with Gasteiger partial charge in [0, 0.05) is 0 Å². The van der Waals surface area contributed by atoms with Gasteiger partial charge in [-0.05, 0) is 11.8 Å². The van der Waals surface area contributed by atoms with E-state index in [0.717, 1.165) is 24.7 Å². The van der Waals surface area contributed by atoms with Crippen LogP contribution >= 0.6 is 0 Å². The van der Waals surface area contributed by atoms with Crippen LogP contribution in [-0.2, 0) is 0 Å². The van der Waals surface area contributed by atoms with Crippen molar-refractivity contribution < 1.29 is 0 Å². The normalized spacial score (nSPS) is 22.4. The van der Waals surface area contributed by atoms with Crippen molar-refractivity contribution in [2.24, 2.45) is 11.8 Å². The fourth-order valence-electron chi connectivity index (χ4n) is 2.31. The molecule has 0 heteroatoms. The minimum Gasteiger partial charge on any atom is -0.0533 e. The lowest BCUT2D eigenvalue weighted by molar-refractivity contribution is 0.321. The van der Waals surface area contributed by atoms with Crippen molar-refractivity contribution in [1.82, 2.24) is 0 Å². The summed E-state index contributed by atoms with van der Waals surface area (Å²) in [5, 5.41) is 0. The first-order chi connectivity index (χ1) is 5.38. The first kappa shape index (κ1) is 9.09. The maximum Gasteiger partial charge on any atom is -0.0386 e. The molecule has 0 aromatic carbocycles. The highest BCUT2D eigenvalue weighted by molar-refractivity contribution is 4.76. The Balaban J connectivity index is 2.27. The van der Waals surface area contributed by atoms with Crippen molar-refractivity contribution in [3.63, 3.8) is 0 Å². The van der Waals surface area contributed by atoms with Crippen LogP contribution in [0.15, 0.2) is 0 Å². The van der Waals surface area contributed by atoms with Crippen molar-refractivity contribution in [3.05, 3.63) is 13.8 Å². The van der Waals surface area contributed by atoms with Gasteiger partial charge < -0.3 is 0 Å². The van der Waals surface area contributed by atoms with Gasteiger partial charge >= 0.3 is 0 Å². The Kier molecular flexibility index (Phi) is 3.96. The van der Waals surface area contributed by atoms with Crippen molar-refractivity contribution in [2.75, 3.05) is 0 Å². The minimum atomic E-state index is 0.884. The largest absolute Gasteiger partial charge is 0.0533 e. The van der Waals surface area contributed by atoms with Gasteiger partial charge in [0.25, 0.3) is 0 Å². The van der Waals surface area contributed by atoms with Crippen LogP contribution in [0.1, 0.15) is 44.9 Å². The summed E-state index contributed by atoms with van der Waals surface area (Å²) in [6, 6.07) is 0. The summed E-state index contributed by atoms with van der Waals surface area (Å²) in [4.78, 5) is 0. The van der Waals surface area contributed by atoms with Crippen LogP contribution in [0, 0.1) is 25.7 Å². The van der Waals surface area contributed by atoms with Crippen LogP contribution in [0.2, 0.25) is 0 Å². The molecule has 0 bridgehead atoms. The van der Waals surface area contributed by atoms with Gasteiger partial charge in [0.1, 0.15) is 0 Å². The zero-order valence-corrected chi connectivity index (χ0v) is 7.52. The van der Waals surface area contributed by atoms with E-state index in [0.29, 0.717) is 0 Å². The molecular weight excluding hydrogens is 132 g/mol. The minimum absolute atomic E-state index is 0.884. The second kappa shape index (κ2) is 4.79. The quantitative estimate of drug-likeness (QED) is 0.577. The average molecular weight is 152 g/mol. The molecule has 0 spiro atoms. The number of rotatable bonds is 4. The molecule has 1 aliphatic rings. The molecule has 0 heterocycles. The molecule has 1 fully saturated rings. The fraction of sp³-hybridized carbons (Fsp3) is 0.818. The fourth-order valence-corrected chi connectivity index (χ4v) is 2.31. The van der Waals surface area contributed by atoms with Crippen molar-refractivity contribution in [2.45, 2.75) is 44.9 Å². The Morgan fingerprint density at radius 2 is 1.82 bits per heavy atom. The summed E-state index contributed by atoms with van der Waals surface area (Å²) in [5.74, 6) is 1.88. The summed E-state index contributed by atoms with van der Waals surface area (Å²) in [6.07, 6.45) is 9.35. The third-order valence-electron chi connectivity index (χ3n) is 3.01. The smallest absolute Gasteiger partial charge is 0.0386 e. The first-order valence-corrected chi connectivity index (χ1v) is 4.97. The Hall–Kier alpha value is 0. The van der Waals surface area contributed by atoms with Crippen LogP contribution < -0.4 is 0 Å². The van der Waals surface area contributed by atoms with E-state index in [1.165, 1.54) is 32.1 Å². The van der Waals surface area contributed by atoms with Gasteiger partial charge in [-0.1, -0.05) is 58.8 Å². The highest BCUT2D eigenvalue weighted by Crippen LogP contribution is 2.35. The van der Waals surface area contributed by atoms with Crippen molar-refractivity contribution >= 4 is 0 Å². The summed E-state index contributed by atoms with van der Waals surface area (Å²) in [6.45, 7) is 7.94. The van der Waals surface area contributed by atoms with E-state index in [-0.39, 0.29) is 0 Å². The molecule has 0 amide bonds. The topological polar surface area (TPSA) is 0 Å². The highest BCUT2D eigenvalue weighted by atomic mass is 14.3. The molecule has 11 heavy (non-hydrogen) atoms. The molecule has 1 aliphatic carbocycles. The molecule has 0 nitrogen and oxygen atoms in total. The van der Waals surface area contributed by atoms with E-state index in [2.05, 4.69) is 13.8 Å². The summed E-state index contributed by atoms with van der Waals surface area (Å²) >= 11 is 0. The summed E-state index contributed by atoms with van der Waals surface area (Å²) in [7, 11) is 0. The Morgan fingerprint density at radius 3 is 2.27 bits per heavy atom. The lowest BCUT2D eigenvalue weighted by Crippen LogP contribution is -2.10. The van der Waals surface area contributed by atoms with Crippen LogP contribution in [0.3, 0.4) is 0 Å². The Labute approximate surface area is 71.4 Å². The van der Waals surface area contributed by atoms with Gasteiger partial charge in [-0.3, -0.25) is 0 Å². The van der Waals surface area contributed by atoms with E-state index in [4.69, 9.17) is 0 Å². The molecule has 0 saturated heterocycles. The summed E-state index contributed by atoms with van der Waals surface area (Å²) < 4.78 is 0. The number of hydrogen-bond acceptors (Lipinski definition) is 0. The predicted octanol–water partition coefficient (Wildman–Crippen LogP) is 3.63. The average Bonchev–Trinajstić information content (AvgIpc) is 2.52. The molecule has 0 aliphatic heterocycles. The lowest BCUT2D eigenvalue weighted by atomic mass is 9.85. The Morgan fingerprint density at radius 1 is 1.18 bits per heavy atom. The molecule has 1 rings (SSSR count). The van der Waals surface area contributed by atoms with Crippen LogP contribution in [0.5, 0.6) is 0 Å². The number of hydrogen-bond donors (Lipinski definition) is 0. The lowest BCUT2D eigenvalue weighted by Gasteiger charge is -2.20. The summed E-state index contributed by atoms with van der Waals surface area (Å²) in [5.41, 5.74) is 0. The van der Waals surface area contributed by atoms with Gasteiger partial charge in [-0.25, -0.2) is 0 Å². The van der Waals surface area contributed by atoms with E-state index in [1.807, 2.05) is 0 Å². The highest BCUT2D eigenvalue weighted by Gasteiger charge is 2.22. The second-order valence-corrected chi connectivity index (χ2v) is 3.74. The molecule has 0 aromatic rings. The van der Waals surface area contributed by atoms with Gasteiger partial charge in [0.05, 0.1) is 0 Å². The maximum atomic E-state index is 4.02. The third kappa shape index (κ3) is 2.50. The van der Waals surface area contributed by atoms with E-state index < -0.39 is 0 Å². The molecule has 64 valence electrons. The molecule has 1 atom stereocenters. The van der Waals surface area contributed by atoms with E-state index >= 15 is 0 Å². The third-order valence-corrected chi connectivity index (χ3v) is 3.01. The predicted molar refractivity (Wildman–Crippen MR) is 50.0 cm³/mol. The molecule has 1 saturated carbocycles. The van der Waals surface area contributed by atoms with E-state index in [9.17, 15) is 0 Å². The van der Waals surface area contributed by atoms with Gasteiger partial charge in [-0.15, -0.1) is 0 Å². The molecule has 0 N–H and O–H groups in total. The zero-order valence-electron chi connectivity index (χ0n) is 7.52. The Bertz CT molecular complexity index is 90.2. The SMILES string of the molecule is [CH2]CCC(C[CH2])C1CCCC1. The van der Waals surface area contributed by atoms with Gasteiger partial charge in [0.2, 0.25) is 0 Å². The maximum absolute atomic E-state index is 4.02. The van der Waals surface area contributed by atoms with E-state index in [1.54, 1.807) is 0 Å². The van der Waals surface area contributed by atoms with Gasteiger partial charge in [0.15, 0.2) is 0 Å². The standard InChI is InChI=1S/C11H20/c1-3-7-10(4-2)11-8-5-6-9-11/h10-11H,1-9H2. The van der Waals surface area contributed by atoms with Crippen molar-refractivity contribution in [1.29, 1.82) is 0 Å². The van der Waals surface area contributed by atoms with Crippen LogP contribution in [-0.4, -0.2) is 0 Å². The first-order valence-electron chi connectivity index (χ1n) is 4.97. The second-order valence-electron chi connectivity index (χ2n) is 3.74. The molecular formula is C11H20. The van der Waals surface area contributed by atoms with Crippen molar-refractivity contribution in [3.8, 4) is 0 Å². The molecule has 1 unspecified atom stereocenters. The molecule has 0 aromatic heterocycles. The molecule has 2 radical (unpaired) electrons. The van der Waals surface area contributed by atoms with Gasteiger partial charge in [-0.2, -0.15) is 0 Å². The monoisotopic (exact) mass is 152 g/mol. The van der Waals surface area contributed by atoms with Crippen LogP contribution in [0.25, 0.3) is 0 Å².